The lowest BCUT2D eigenvalue weighted by atomic mass is 10.1. The van der Waals surface area contributed by atoms with Crippen LogP contribution in [0, 0.1) is 0 Å². The topological polar surface area (TPSA) is 64.3 Å². The summed E-state index contributed by atoms with van der Waals surface area (Å²) < 4.78 is 4.99. The van der Waals surface area contributed by atoms with Gasteiger partial charge in [-0.25, -0.2) is 4.79 Å². The number of nitrogen functional groups attached to an aromatic ring is 1. The first-order chi connectivity index (χ1) is 7.72. The summed E-state index contributed by atoms with van der Waals surface area (Å²) in [7, 11) is 0. The Hall–Kier alpha value is -1.71. The fourth-order valence-electron chi connectivity index (χ4n) is 1.54. The van der Waals surface area contributed by atoms with Gasteiger partial charge in [0.05, 0.1) is 23.5 Å². The SMILES string of the molecule is CCOC(=O)c1cccc(N)c1NC1CC1. The van der Waals surface area contributed by atoms with Crippen molar-refractivity contribution >= 4 is 17.3 Å². The first-order valence-electron chi connectivity index (χ1n) is 5.54. The lowest BCUT2D eigenvalue weighted by Gasteiger charge is -2.12. The van der Waals surface area contributed by atoms with E-state index in [1.807, 2.05) is 0 Å². The number of esters is 1. The van der Waals surface area contributed by atoms with Crippen molar-refractivity contribution in [1.29, 1.82) is 0 Å². The summed E-state index contributed by atoms with van der Waals surface area (Å²) in [6.07, 6.45) is 2.27. The molecule has 0 aliphatic heterocycles. The van der Waals surface area contributed by atoms with Crippen LogP contribution in [0.5, 0.6) is 0 Å². The Labute approximate surface area is 94.8 Å². The predicted octanol–water partition coefficient (Wildman–Crippen LogP) is 2.02. The molecule has 16 heavy (non-hydrogen) atoms. The maximum absolute atomic E-state index is 11.7. The number of ether oxygens (including phenoxy) is 1. The van der Waals surface area contributed by atoms with E-state index in [0.717, 1.165) is 12.8 Å². The van der Waals surface area contributed by atoms with E-state index in [9.17, 15) is 4.79 Å². The average molecular weight is 220 g/mol. The van der Waals surface area contributed by atoms with Gasteiger partial charge in [-0.3, -0.25) is 0 Å². The van der Waals surface area contributed by atoms with E-state index >= 15 is 0 Å². The molecular weight excluding hydrogens is 204 g/mol. The molecule has 0 radical (unpaired) electrons. The molecule has 0 bridgehead atoms. The van der Waals surface area contributed by atoms with Crippen molar-refractivity contribution in [1.82, 2.24) is 0 Å². The molecular formula is C12H16N2O2. The Bertz CT molecular complexity index is 400. The number of carbonyl (C=O) groups excluding carboxylic acids is 1. The molecule has 1 aromatic carbocycles. The molecule has 86 valence electrons. The molecule has 1 aromatic rings. The molecule has 1 fully saturated rings. The van der Waals surface area contributed by atoms with Gasteiger partial charge in [0.15, 0.2) is 0 Å². The number of nitrogens with two attached hydrogens (primary N) is 1. The third-order valence-corrected chi connectivity index (χ3v) is 2.52. The minimum atomic E-state index is -0.321. The molecule has 0 heterocycles. The molecule has 1 aliphatic carbocycles. The van der Waals surface area contributed by atoms with Gasteiger partial charge in [-0.15, -0.1) is 0 Å². The third-order valence-electron chi connectivity index (χ3n) is 2.52. The molecule has 0 amide bonds. The molecule has 0 aromatic heterocycles. The second kappa shape index (κ2) is 4.43. The molecule has 0 unspecified atom stereocenters. The summed E-state index contributed by atoms with van der Waals surface area (Å²) in [5.41, 5.74) is 7.69. The van der Waals surface area contributed by atoms with Crippen molar-refractivity contribution in [3.63, 3.8) is 0 Å². The summed E-state index contributed by atoms with van der Waals surface area (Å²) in [6.45, 7) is 2.16. The van der Waals surface area contributed by atoms with E-state index < -0.39 is 0 Å². The lowest BCUT2D eigenvalue weighted by Crippen LogP contribution is -2.12. The highest BCUT2D eigenvalue weighted by molar-refractivity contribution is 5.98. The van der Waals surface area contributed by atoms with E-state index in [4.69, 9.17) is 10.5 Å². The minimum Gasteiger partial charge on any atom is -0.462 e. The first kappa shape index (κ1) is 10.8. The van der Waals surface area contributed by atoms with Gasteiger partial charge in [-0.2, -0.15) is 0 Å². The zero-order chi connectivity index (χ0) is 11.5. The summed E-state index contributed by atoms with van der Waals surface area (Å²) in [5, 5.41) is 3.27. The molecule has 0 atom stereocenters. The highest BCUT2D eigenvalue weighted by Gasteiger charge is 2.24. The van der Waals surface area contributed by atoms with Crippen LogP contribution < -0.4 is 11.1 Å². The Morgan fingerprint density at radius 2 is 2.31 bits per heavy atom. The zero-order valence-electron chi connectivity index (χ0n) is 9.32. The number of hydrogen-bond donors (Lipinski definition) is 2. The highest BCUT2D eigenvalue weighted by atomic mass is 16.5. The van der Waals surface area contributed by atoms with E-state index in [2.05, 4.69) is 5.32 Å². The van der Waals surface area contributed by atoms with Crippen LogP contribution in [0.2, 0.25) is 0 Å². The van der Waals surface area contributed by atoms with Gasteiger partial charge in [0.2, 0.25) is 0 Å². The predicted molar refractivity (Wildman–Crippen MR) is 63.5 cm³/mol. The van der Waals surface area contributed by atoms with Gasteiger partial charge in [0.1, 0.15) is 0 Å². The Balaban J connectivity index is 2.26. The third kappa shape index (κ3) is 2.27. The highest BCUT2D eigenvalue weighted by Crippen LogP contribution is 2.31. The van der Waals surface area contributed by atoms with Crippen LogP contribution in [0.1, 0.15) is 30.1 Å². The largest absolute Gasteiger partial charge is 0.462 e. The fourth-order valence-corrected chi connectivity index (χ4v) is 1.54. The van der Waals surface area contributed by atoms with Crippen LogP contribution in [0.25, 0.3) is 0 Å². The quantitative estimate of drug-likeness (QED) is 0.602. The summed E-state index contributed by atoms with van der Waals surface area (Å²) in [4.78, 5) is 11.7. The van der Waals surface area contributed by atoms with Gasteiger partial charge in [0, 0.05) is 6.04 Å². The molecule has 2 rings (SSSR count). The Kier molecular flexibility index (Phi) is 2.99. The van der Waals surface area contributed by atoms with Crippen molar-refractivity contribution in [2.24, 2.45) is 0 Å². The maximum atomic E-state index is 11.7. The number of anilines is 2. The molecule has 1 saturated carbocycles. The molecule has 0 spiro atoms. The van der Waals surface area contributed by atoms with Crippen molar-refractivity contribution in [3.05, 3.63) is 23.8 Å². The van der Waals surface area contributed by atoms with Crippen LogP contribution in [-0.2, 0) is 4.74 Å². The average Bonchev–Trinajstić information content (AvgIpc) is 3.05. The van der Waals surface area contributed by atoms with Crippen LogP contribution >= 0.6 is 0 Å². The van der Waals surface area contributed by atoms with E-state index in [1.54, 1.807) is 25.1 Å². The standard InChI is InChI=1S/C12H16N2O2/c1-2-16-12(15)9-4-3-5-10(13)11(9)14-8-6-7-8/h3-5,8,14H,2,6-7,13H2,1H3. The normalized spacial score (nSPS) is 14.6. The van der Waals surface area contributed by atoms with Crippen LogP contribution in [0.4, 0.5) is 11.4 Å². The van der Waals surface area contributed by atoms with E-state index in [1.165, 1.54) is 0 Å². The van der Waals surface area contributed by atoms with Crippen LogP contribution in [0.15, 0.2) is 18.2 Å². The molecule has 1 aliphatic rings. The van der Waals surface area contributed by atoms with Crippen molar-refractivity contribution in [3.8, 4) is 0 Å². The summed E-state index contributed by atoms with van der Waals surface area (Å²) in [6, 6.07) is 5.74. The summed E-state index contributed by atoms with van der Waals surface area (Å²) in [5.74, 6) is -0.321. The van der Waals surface area contributed by atoms with E-state index in [0.29, 0.717) is 29.6 Å². The number of benzene rings is 1. The maximum Gasteiger partial charge on any atom is 0.340 e. The Morgan fingerprint density at radius 3 is 2.94 bits per heavy atom. The van der Waals surface area contributed by atoms with Gasteiger partial charge in [0.25, 0.3) is 0 Å². The molecule has 0 saturated heterocycles. The molecule has 4 nitrogen and oxygen atoms in total. The summed E-state index contributed by atoms with van der Waals surface area (Å²) >= 11 is 0. The van der Waals surface area contributed by atoms with E-state index in [-0.39, 0.29) is 5.97 Å². The fraction of sp³-hybridized carbons (Fsp3) is 0.417. The number of rotatable bonds is 4. The van der Waals surface area contributed by atoms with Crippen molar-refractivity contribution < 1.29 is 9.53 Å². The van der Waals surface area contributed by atoms with Crippen molar-refractivity contribution in [2.45, 2.75) is 25.8 Å². The number of hydrogen-bond acceptors (Lipinski definition) is 4. The molecule has 4 heteroatoms. The first-order valence-corrected chi connectivity index (χ1v) is 5.54. The Morgan fingerprint density at radius 1 is 1.56 bits per heavy atom. The van der Waals surface area contributed by atoms with Crippen LogP contribution in [0.3, 0.4) is 0 Å². The smallest absolute Gasteiger partial charge is 0.340 e. The van der Waals surface area contributed by atoms with Gasteiger partial charge >= 0.3 is 5.97 Å². The number of carbonyl (C=O) groups is 1. The van der Waals surface area contributed by atoms with Gasteiger partial charge < -0.3 is 15.8 Å². The number of para-hydroxylation sites is 1. The minimum absolute atomic E-state index is 0.321. The van der Waals surface area contributed by atoms with Crippen LogP contribution in [-0.4, -0.2) is 18.6 Å². The van der Waals surface area contributed by atoms with Crippen molar-refractivity contribution in [2.75, 3.05) is 17.7 Å². The second-order valence-electron chi connectivity index (χ2n) is 3.91. The number of nitrogens with one attached hydrogen (secondary N) is 1. The monoisotopic (exact) mass is 220 g/mol. The van der Waals surface area contributed by atoms with Gasteiger partial charge in [-0.1, -0.05) is 6.07 Å². The zero-order valence-corrected chi connectivity index (χ0v) is 9.32. The van der Waals surface area contributed by atoms with Gasteiger partial charge in [-0.05, 0) is 31.9 Å². The lowest BCUT2D eigenvalue weighted by molar-refractivity contribution is 0.0527. The molecule has 3 N–H and O–H groups in total. The second-order valence-corrected chi connectivity index (χ2v) is 3.91.